The summed E-state index contributed by atoms with van der Waals surface area (Å²) in [6.45, 7) is 0.145. The van der Waals surface area contributed by atoms with E-state index in [0.29, 0.717) is 5.56 Å². The fourth-order valence-corrected chi connectivity index (χ4v) is 2.49. The summed E-state index contributed by atoms with van der Waals surface area (Å²) < 4.78 is 0. The Kier molecular flexibility index (Phi) is 2.88. The first-order valence-corrected chi connectivity index (χ1v) is 6.26. The van der Waals surface area contributed by atoms with E-state index >= 15 is 0 Å². The molecule has 0 unspecified atom stereocenters. The van der Waals surface area contributed by atoms with Gasteiger partial charge in [0.25, 0.3) is 5.91 Å². The highest BCUT2D eigenvalue weighted by Crippen LogP contribution is 2.36. The average molecular weight is 264 g/mol. The Morgan fingerprint density at radius 3 is 2.75 bits per heavy atom. The lowest BCUT2D eigenvalue weighted by Gasteiger charge is -2.16. The van der Waals surface area contributed by atoms with Gasteiger partial charge in [-0.3, -0.25) is 14.5 Å². The van der Waals surface area contributed by atoms with Crippen molar-refractivity contribution < 1.29 is 9.59 Å². The van der Waals surface area contributed by atoms with Crippen LogP contribution in [0.5, 0.6) is 0 Å². The number of terminal acetylenes is 1. The van der Waals surface area contributed by atoms with Crippen LogP contribution in [-0.2, 0) is 4.79 Å². The van der Waals surface area contributed by atoms with E-state index in [2.05, 4.69) is 11.2 Å². The topological polar surface area (TPSA) is 49.4 Å². The quantitative estimate of drug-likeness (QED) is 0.855. The number of hydrogen-bond donors (Lipinski definition) is 1. The van der Waals surface area contributed by atoms with Crippen molar-refractivity contribution in [1.82, 2.24) is 5.32 Å². The van der Waals surface area contributed by atoms with Crippen molar-refractivity contribution in [3.05, 3.63) is 42.0 Å². The zero-order chi connectivity index (χ0) is 14.1. The molecule has 1 aliphatic heterocycles. The van der Waals surface area contributed by atoms with Gasteiger partial charge in [-0.2, -0.15) is 0 Å². The summed E-state index contributed by atoms with van der Waals surface area (Å²) in [5.74, 6) is 1.93. The van der Waals surface area contributed by atoms with Crippen molar-refractivity contribution in [2.75, 3.05) is 18.0 Å². The van der Waals surface area contributed by atoms with Crippen molar-refractivity contribution >= 4 is 28.3 Å². The molecule has 4 nitrogen and oxygen atoms in total. The van der Waals surface area contributed by atoms with Crippen LogP contribution >= 0.6 is 0 Å². The molecule has 0 aromatic heterocycles. The Bertz CT molecular complexity index is 753. The molecule has 2 aromatic rings. The van der Waals surface area contributed by atoms with Gasteiger partial charge in [0.05, 0.1) is 12.2 Å². The summed E-state index contributed by atoms with van der Waals surface area (Å²) >= 11 is 0. The summed E-state index contributed by atoms with van der Waals surface area (Å²) in [5.41, 5.74) is 1.42. The second-order valence-electron chi connectivity index (χ2n) is 4.55. The van der Waals surface area contributed by atoms with Gasteiger partial charge in [0.1, 0.15) is 6.54 Å². The number of carbonyl (C=O) groups is 2. The number of amides is 2. The van der Waals surface area contributed by atoms with Gasteiger partial charge in [-0.15, -0.1) is 6.42 Å². The van der Waals surface area contributed by atoms with Crippen molar-refractivity contribution in [1.29, 1.82) is 0 Å². The van der Waals surface area contributed by atoms with Crippen molar-refractivity contribution in [2.45, 2.75) is 0 Å². The highest BCUT2D eigenvalue weighted by molar-refractivity contribution is 6.26. The van der Waals surface area contributed by atoms with Crippen LogP contribution in [0.1, 0.15) is 10.4 Å². The molecule has 1 aliphatic rings. The minimum Gasteiger partial charge on any atom is -0.344 e. The zero-order valence-electron chi connectivity index (χ0n) is 10.7. The molecular weight excluding hydrogens is 252 g/mol. The van der Waals surface area contributed by atoms with Crippen LogP contribution in [0.3, 0.4) is 0 Å². The van der Waals surface area contributed by atoms with E-state index in [0.717, 1.165) is 16.5 Å². The molecule has 4 heteroatoms. The molecule has 0 atom stereocenters. The lowest BCUT2D eigenvalue weighted by molar-refractivity contribution is -0.119. The maximum absolute atomic E-state index is 12.4. The number of anilines is 1. The van der Waals surface area contributed by atoms with Gasteiger partial charge in [0.2, 0.25) is 5.91 Å². The monoisotopic (exact) mass is 264 g/mol. The minimum absolute atomic E-state index is 0.0195. The van der Waals surface area contributed by atoms with E-state index in [1.165, 1.54) is 4.90 Å². The average Bonchev–Trinajstić information content (AvgIpc) is 2.73. The largest absolute Gasteiger partial charge is 0.344 e. The highest BCUT2D eigenvalue weighted by Gasteiger charge is 2.30. The van der Waals surface area contributed by atoms with Gasteiger partial charge in [0.15, 0.2) is 0 Å². The fraction of sp³-hybridized carbons (Fsp3) is 0.125. The third-order valence-electron chi connectivity index (χ3n) is 3.34. The molecule has 1 heterocycles. The van der Waals surface area contributed by atoms with Crippen LogP contribution in [0.15, 0.2) is 36.4 Å². The standard InChI is InChI=1S/C16H12N2O2/c1-2-9-17-14(19)10-18-13-8-4-6-11-5-3-7-12(15(11)13)16(18)20/h1,3-8H,9-10H2,(H,17,19). The lowest BCUT2D eigenvalue weighted by atomic mass is 10.1. The SMILES string of the molecule is C#CCNC(=O)CN1C(=O)c2cccc3cccc1c23. The molecule has 2 amide bonds. The first kappa shape index (κ1) is 12.2. The van der Waals surface area contributed by atoms with Gasteiger partial charge in [0, 0.05) is 10.9 Å². The van der Waals surface area contributed by atoms with E-state index in [1.54, 1.807) is 6.07 Å². The fourth-order valence-electron chi connectivity index (χ4n) is 2.49. The van der Waals surface area contributed by atoms with E-state index in [-0.39, 0.29) is 24.9 Å². The van der Waals surface area contributed by atoms with E-state index in [4.69, 9.17) is 6.42 Å². The second-order valence-corrected chi connectivity index (χ2v) is 4.55. The predicted molar refractivity (Wildman–Crippen MR) is 77.5 cm³/mol. The summed E-state index contributed by atoms with van der Waals surface area (Å²) in [4.78, 5) is 25.7. The first-order valence-electron chi connectivity index (χ1n) is 6.26. The Hall–Kier alpha value is -2.80. The number of carbonyl (C=O) groups excluding carboxylic acids is 2. The van der Waals surface area contributed by atoms with E-state index < -0.39 is 0 Å². The molecule has 2 aromatic carbocycles. The van der Waals surface area contributed by atoms with E-state index in [9.17, 15) is 9.59 Å². The Balaban J connectivity index is 1.97. The molecule has 3 rings (SSSR count). The Morgan fingerprint density at radius 2 is 2.00 bits per heavy atom. The summed E-state index contributed by atoms with van der Waals surface area (Å²) in [5, 5.41) is 4.48. The van der Waals surface area contributed by atoms with Gasteiger partial charge in [-0.1, -0.05) is 30.2 Å². The number of rotatable bonds is 3. The van der Waals surface area contributed by atoms with Gasteiger partial charge in [-0.25, -0.2) is 0 Å². The van der Waals surface area contributed by atoms with Gasteiger partial charge >= 0.3 is 0 Å². The number of nitrogens with one attached hydrogen (secondary N) is 1. The summed E-state index contributed by atoms with van der Waals surface area (Å²) in [7, 11) is 0. The van der Waals surface area contributed by atoms with Crippen LogP contribution < -0.4 is 10.2 Å². The molecule has 0 bridgehead atoms. The third-order valence-corrected chi connectivity index (χ3v) is 3.34. The van der Waals surface area contributed by atoms with Crippen molar-refractivity contribution in [3.8, 4) is 12.3 Å². The van der Waals surface area contributed by atoms with Crippen LogP contribution in [-0.4, -0.2) is 24.9 Å². The Morgan fingerprint density at radius 1 is 1.25 bits per heavy atom. The van der Waals surface area contributed by atoms with Crippen molar-refractivity contribution in [2.24, 2.45) is 0 Å². The summed E-state index contributed by atoms with van der Waals surface area (Å²) in [6, 6.07) is 11.3. The van der Waals surface area contributed by atoms with Gasteiger partial charge in [-0.05, 0) is 17.5 Å². The predicted octanol–water partition coefficient (Wildman–Crippen LogP) is 1.55. The molecule has 0 spiro atoms. The number of benzene rings is 2. The van der Waals surface area contributed by atoms with Crippen LogP contribution in [0.25, 0.3) is 10.8 Å². The van der Waals surface area contributed by atoms with E-state index in [1.807, 2.05) is 30.3 Å². The zero-order valence-corrected chi connectivity index (χ0v) is 10.7. The molecule has 0 saturated heterocycles. The molecular formula is C16H12N2O2. The van der Waals surface area contributed by atoms with Crippen LogP contribution in [0, 0.1) is 12.3 Å². The molecule has 0 fully saturated rings. The van der Waals surface area contributed by atoms with Gasteiger partial charge < -0.3 is 5.32 Å². The number of nitrogens with zero attached hydrogens (tertiary/aromatic N) is 1. The highest BCUT2D eigenvalue weighted by atomic mass is 16.2. The molecule has 1 N–H and O–H groups in total. The molecule has 20 heavy (non-hydrogen) atoms. The smallest absolute Gasteiger partial charge is 0.259 e. The maximum atomic E-state index is 12.4. The van der Waals surface area contributed by atoms with Crippen LogP contribution in [0.4, 0.5) is 5.69 Å². The molecule has 0 aliphatic carbocycles. The lowest BCUT2D eigenvalue weighted by Crippen LogP contribution is -2.39. The van der Waals surface area contributed by atoms with Crippen molar-refractivity contribution in [3.63, 3.8) is 0 Å². The molecule has 0 saturated carbocycles. The normalized spacial score (nSPS) is 12.6. The minimum atomic E-state index is -0.263. The molecule has 0 radical (unpaired) electrons. The number of hydrogen-bond acceptors (Lipinski definition) is 2. The second kappa shape index (κ2) is 4.71. The Labute approximate surface area is 116 Å². The third kappa shape index (κ3) is 1.81. The van der Waals surface area contributed by atoms with Crippen LogP contribution in [0.2, 0.25) is 0 Å². The molecule has 98 valence electrons. The summed E-state index contributed by atoms with van der Waals surface area (Å²) in [6.07, 6.45) is 5.10. The maximum Gasteiger partial charge on any atom is 0.259 e. The first-order chi connectivity index (χ1) is 9.72.